The summed E-state index contributed by atoms with van der Waals surface area (Å²) in [6.45, 7) is 0.327. The molecule has 2 rings (SSSR count). The molecule has 2 aromatic rings. The van der Waals surface area contributed by atoms with Crippen LogP contribution in [0.1, 0.15) is 5.69 Å². The molecule has 0 fully saturated rings. The zero-order valence-corrected chi connectivity index (χ0v) is 9.46. The standard InChI is InChI=1S/C12H13N3O2/c1-16-10-4-2-3-5-11(10)17-8-9-6-15-12(13)7-14-9/h2-7H,8H2,1H3,(H2,13,15). The van der Waals surface area contributed by atoms with Crippen LogP contribution in [0.3, 0.4) is 0 Å². The van der Waals surface area contributed by atoms with E-state index in [9.17, 15) is 0 Å². The maximum Gasteiger partial charge on any atom is 0.161 e. The summed E-state index contributed by atoms with van der Waals surface area (Å²) in [6.07, 6.45) is 3.09. The molecule has 2 N–H and O–H groups in total. The molecule has 0 radical (unpaired) electrons. The van der Waals surface area contributed by atoms with Crippen LogP contribution in [0.5, 0.6) is 11.5 Å². The fraction of sp³-hybridized carbons (Fsp3) is 0.167. The molecule has 1 aromatic heterocycles. The fourth-order valence-electron chi connectivity index (χ4n) is 1.33. The van der Waals surface area contributed by atoms with Crippen molar-refractivity contribution in [2.24, 2.45) is 0 Å². The third-order valence-electron chi connectivity index (χ3n) is 2.17. The normalized spacial score (nSPS) is 9.94. The number of aromatic nitrogens is 2. The van der Waals surface area contributed by atoms with Gasteiger partial charge in [-0.25, -0.2) is 4.98 Å². The molecule has 0 aliphatic rings. The van der Waals surface area contributed by atoms with Crippen LogP contribution in [-0.2, 0) is 6.61 Å². The number of nitrogens with zero attached hydrogens (tertiary/aromatic N) is 2. The van der Waals surface area contributed by atoms with Gasteiger partial charge in [0.15, 0.2) is 11.5 Å². The SMILES string of the molecule is COc1ccccc1OCc1cnc(N)cn1. The molecule has 0 spiro atoms. The molecular weight excluding hydrogens is 218 g/mol. The quantitative estimate of drug-likeness (QED) is 0.866. The molecule has 1 heterocycles. The molecule has 0 bridgehead atoms. The second-order valence-corrected chi connectivity index (χ2v) is 3.37. The Kier molecular flexibility index (Phi) is 3.40. The van der Waals surface area contributed by atoms with Crippen LogP contribution >= 0.6 is 0 Å². The summed E-state index contributed by atoms with van der Waals surface area (Å²) >= 11 is 0. The topological polar surface area (TPSA) is 70.3 Å². The number of hydrogen-bond donors (Lipinski definition) is 1. The molecule has 17 heavy (non-hydrogen) atoms. The highest BCUT2D eigenvalue weighted by Crippen LogP contribution is 2.26. The first-order valence-corrected chi connectivity index (χ1v) is 5.12. The van der Waals surface area contributed by atoms with Crippen molar-refractivity contribution in [3.05, 3.63) is 42.4 Å². The molecular formula is C12H13N3O2. The summed E-state index contributed by atoms with van der Waals surface area (Å²) in [5, 5.41) is 0. The molecule has 0 amide bonds. The molecule has 0 aliphatic heterocycles. The van der Waals surface area contributed by atoms with Gasteiger partial charge < -0.3 is 15.2 Å². The molecule has 5 heteroatoms. The van der Waals surface area contributed by atoms with Crippen molar-refractivity contribution >= 4 is 5.82 Å². The Morgan fingerprint density at radius 2 is 1.88 bits per heavy atom. The van der Waals surface area contributed by atoms with Crippen molar-refractivity contribution in [1.29, 1.82) is 0 Å². The van der Waals surface area contributed by atoms with Gasteiger partial charge in [0.25, 0.3) is 0 Å². The lowest BCUT2D eigenvalue weighted by molar-refractivity contribution is 0.280. The molecule has 0 unspecified atom stereocenters. The number of rotatable bonds is 4. The van der Waals surface area contributed by atoms with Gasteiger partial charge in [-0.05, 0) is 12.1 Å². The van der Waals surface area contributed by atoms with Crippen molar-refractivity contribution < 1.29 is 9.47 Å². The van der Waals surface area contributed by atoms with E-state index in [0.717, 1.165) is 0 Å². The molecule has 88 valence electrons. The Hall–Kier alpha value is -2.30. The number of benzene rings is 1. The van der Waals surface area contributed by atoms with Gasteiger partial charge in [-0.3, -0.25) is 4.98 Å². The maximum atomic E-state index is 5.59. The van der Waals surface area contributed by atoms with Crippen molar-refractivity contribution in [1.82, 2.24) is 9.97 Å². The van der Waals surface area contributed by atoms with Gasteiger partial charge in [0.2, 0.25) is 0 Å². The summed E-state index contributed by atoms with van der Waals surface area (Å²) in [5.74, 6) is 1.76. The van der Waals surface area contributed by atoms with E-state index in [4.69, 9.17) is 15.2 Å². The minimum atomic E-state index is 0.327. The van der Waals surface area contributed by atoms with Crippen molar-refractivity contribution in [3.63, 3.8) is 0 Å². The van der Waals surface area contributed by atoms with E-state index in [1.165, 1.54) is 6.20 Å². The van der Waals surface area contributed by atoms with Gasteiger partial charge in [0.1, 0.15) is 12.4 Å². The van der Waals surface area contributed by atoms with E-state index in [2.05, 4.69) is 9.97 Å². The van der Waals surface area contributed by atoms with E-state index in [-0.39, 0.29) is 0 Å². The molecule has 5 nitrogen and oxygen atoms in total. The predicted molar refractivity (Wildman–Crippen MR) is 63.8 cm³/mol. The number of ether oxygens (including phenoxy) is 2. The van der Waals surface area contributed by atoms with Gasteiger partial charge in [-0.2, -0.15) is 0 Å². The lowest BCUT2D eigenvalue weighted by Gasteiger charge is -2.09. The van der Waals surface area contributed by atoms with Gasteiger partial charge in [0, 0.05) is 0 Å². The third-order valence-corrected chi connectivity index (χ3v) is 2.17. The average Bonchev–Trinajstić information content (AvgIpc) is 2.38. The predicted octanol–water partition coefficient (Wildman–Crippen LogP) is 1.65. The fourth-order valence-corrected chi connectivity index (χ4v) is 1.33. The molecule has 0 atom stereocenters. The van der Waals surface area contributed by atoms with Crippen LogP contribution in [0.2, 0.25) is 0 Å². The summed E-state index contributed by atoms with van der Waals surface area (Å²) in [6, 6.07) is 7.44. The Labute approximate surface area is 99.2 Å². The molecule has 0 saturated carbocycles. The molecule has 1 aromatic carbocycles. The van der Waals surface area contributed by atoms with Crippen molar-refractivity contribution in [2.45, 2.75) is 6.61 Å². The van der Waals surface area contributed by atoms with E-state index in [1.807, 2.05) is 24.3 Å². The first kappa shape index (κ1) is 11.2. The summed E-state index contributed by atoms with van der Waals surface area (Å²) < 4.78 is 10.8. The van der Waals surface area contributed by atoms with E-state index in [0.29, 0.717) is 29.6 Å². The number of anilines is 1. The van der Waals surface area contributed by atoms with Crippen LogP contribution in [0.15, 0.2) is 36.7 Å². The monoisotopic (exact) mass is 231 g/mol. The van der Waals surface area contributed by atoms with Crippen LogP contribution < -0.4 is 15.2 Å². The highest BCUT2D eigenvalue weighted by molar-refractivity contribution is 5.39. The minimum Gasteiger partial charge on any atom is -0.493 e. The summed E-state index contributed by atoms with van der Waals surface area (Å²) in [5.41, 5.74) is 6.16. The first-order valence-electron chi connectivity index (χ1n) is 5.12. The first-order chi connectivity index (χ1) is 8.29. The van der Waals surface area contributed by atoms with Gasteiger partial charge in [-0.1, -0.05) is 12.1 Å². The Morgan fingerprint density at radius 3 is 2.53 bits per heavy atom. The van der Waals surface area contributed by atoms with E-state index in [1.54, 1.807) is 13.3 Å². The third kappa shape index (κ3) is 2.84. The highest BCUT2D eigenvalue weighted by Gasteiger charge is 2.03. The average molecular weight is 231 g/mol. The maximum absolute atomic E-state index is 5.59. The summed E-state index contributed by atoms with van der Waals surface area (Å²) in [7, 11) is 1.60. The summed E-state index contributed by atoms with van der Waals surface area (Å²) in [4.78, 5) is 8.03. The Balaban J connectivity index is 2.04. The van der Waals surface area contributed by atoms with Crippen LogP contribution in [0, 0.1) is 0 Å². The number of para-hydroxylation sites is 2. The van der Waals surface area contributed by atoms with Gasteiger partial charge in [-0.15, -0.1) is 0 Å². The molecule has 0 aliphatic carbocycles. The largest absolute Gasteiger partial charge is 0.493 e. The smallest absolute Gasteiger partial charge is 0.161 e. The lowest BCUT2D eigenvalue weighted by Crippen LogP contribution is -2.01. The Morgan fingerprint density at radius 1 is 1.12 bits per heavy atom. The highest BCUT2D eigenvalue weighted by atomic mass is 16.5. The second-order valence-electron chi connectivity index (χ2n) is 3.37. The van der Waals surface area contributed by atoms with Gasteiger partial charge in [0.05, 0.1) is 25.2 Å². The van der Waals surface area contributed by atoms with Gasteiger partial charge >= 0.3 is 0 Å². The van der Waals surface area contributed by atoms with Crippen molar-refractivity contribution in [2.75, 3.05) is 12.8 Å². The number of hydrogen-bond acceptors (Lipinski definition) is 5. The van der Waals surface area contributed by atoms with Crippen LogP contribution in [-0.4, -0.2) is 17.1 Å². The van der Waals surface area contributed by atoms with E-state index >= 15 is 0 Å². The number of nitrogen functional groups attached to an aromatic ring is 1. The number of methoxy groups -OCH3 is 1. The van der Waals surface area contributed by atoms with Crippen molar-refractivity contribution in [3.8, 4) is 11.5 Å². The minimum absolute atomic E-state index is 0.327. The lowest BCUT2D eigenvalue weighted by atomic mass is 10.3. The van der Waals surface area contributed by atoms with Crippen LogP contribution in [0.25, 0.3) is 0 Å². The Bertz CT molecular complexity index is 485. The zero-order chi connectivity index (χ0) is 12.1. The van der Waals surface area contributed by atoms with Crippen LogP contribution in [0.4, 0.5) is 5.82 Å². The van der Waals surface area contributed by atoms with E-state index < -0.39 is 0 Å². The zero-order valence-electron chi connectivity index (χ0n) is 9.46. The number of nitrogens with two attached hydrogens (primary N) is 1. The second kappa shape index (κ2) is 5.16. The molecule has 0 saturated heterocycles.